The summed E-state index contributed by atoms with van der Waals surface area (Å²) in [6, 6.07) is 8.80. The highest BCUT2D eigenvalue weighted by Gasteiger charge is 2.31. The minimum Gasteiger partial charge on any atom is -0.497 e. The van der Waals surface area contributed by atoms with E-state index in [2.05, 4.69) is 4.90 Å². The van der Waals surface area contributed by atoms with Gasteiger partial charge in [-0.3, -0.25) is 9.69 Å². The Balaban J connectivity index is 1.43. The molecule has 1 saturated carbocycles. The van der Waals surface area contributed by atoms with Crippen molar-refractivity contribution in [3.8, 4) is 5.75 Å². The first kappa shape index (κ1) is 14.4. The highest BCUT2D eigenvalue weighted by molar-refractivity contribution is 5.76. The Kier molecular flexibility index (Phi) is 4.44. The molecule has 0 radical (unpaired) electrons. The van der Waals surface area contributed by atoms with Gasteiger partial charge >= 0.3 is 0 Å². The van der Waals surface area contributed by atoms with Gasteiger partial charge in [0.15, 0.2) is 0 Å². The van der Waals surface area contributed by atoms with Crippen LogP contribution in [0.5, 0.6) is 5.75 Å². The molecule has 1 aromatic rings. The van der Waals surface area contributed by atoms with E-state index in [0.29, 0.717) is 12.3 Å². The molecule has 0 spiro atoms. The maximum atomic E-state index is 12.3. The van der Waals surface area contributed by atoms with Crippen molar-refractivity contribution in [2.75, 3.05) is 33.3 Å². The van der Waals surface area contributed by atoms with Gasteiger partial charge in [-0.15, -0.1) is 0 Å². The van der Waals surface area contributed by atoms with Crippen LogP contribution in [0.2, 0.25) is 0 Å². The molecule has 2 fully saturated rings. The first-order valence-electron chi connectivity index (χ1n) is 7.91. The molecule has 2 aliphatic rings. The smallest absolute Gasteiger partial charge is 0.222 e. The number of carbonyl (C=O) groups is 1. The van der Waals surface area contributed by atoms with Crippen LogP contribution in [0.3, 0.4) is 0 Å². The van der Waals surface area contributed by atoms with Gasteiger partial charge in [0, 0.05) is 38.6 Å². The molecule has 1 amide bonds. The lowest BCUT2D eigenvalue weighted by atomic mass is 10.1. The lowest BCUT2D eigenvalue weighted by molar-refractivity contribution is -0.133. The second-order valence-electron chi connectivity index (χ2n) is 6.00. The number of methoxy groups -OCH3 is 1. The minimum absolute atomic E-state index is 0.293. The fraction of sp³-hybridized carbons (Fsp3) is 0.588. The molecule has 1 aliphatic heterocycles. The van der Waals surface area contributed by atoms with E-state index in [0.717, 1.165) is 44.4 Å². The number of amides is 1. The number of hydrogen-bond donors (Lipinski definition) is 0. The van der Waals surface area contributed by atoms with Crippen molar-refractivity contribution >= 4 is 5.91 Å². The summed E-state index contributed by atoms with van der Waals surface area (Å²) in [5, 5.41) is 0. The standard InChI is InChI=1S/C17H24N2O2/c1-21-16-7-2-14(3-8-16)4-9-17(20)19-12-10-18(11-13-19)15-5-6-15/h2-3,7-8,15H,4-6,9-13H2,1H3. The molecule has 4 nitrogen and oxygen atoms in total. The van der Waals surface area contributed by atoms with Crippen LogP contribution in [-0.2, 0) is 11.2 Å². The molecule has 0 bridgehead atoms. The normalized spacial score (nSPS) is 19.6. The molecule has 1 saturated heterocycles. The summed E-state index contributed by atoms with van der Waals surface area (Å²) in [6.07, 6.45) is 4.12. The lowest BCUT2D eigenvalue weighted by Gasteiger charge is -2.34. The van der Waals surface area contributed by atoms with Gasteiger partial charge in [0.2, 0.25) is 5.91 Å². The third-order valence-corrected chi connectivity index (χ3v) is 4.52. The molecule has 114 valence electrons. The quantitative estimate of drug-likeness (QED) is 0.830. The fourth-order valence-electron chi connectivity index (χ4n) is 2.98. The minimum atomic E-state index is 0.293. The Morgan fingerprint density at radius 1 is 1.14 bits per heavy atom. The zero-order chi connectivity index (χ0) is 14.7. The fourth-order valence-corrected chi connectivity index (χ4v) is 2.98. The predicted molar refractivity (Wildman–Crippen MR) is 82.5 cm³/mol. The van der Waals surface area contributed by atoms with Crippen molar-refractivity contribution in [2.45, 2.75) is 31.7 Å². The van der Waals surface area contributed by atoms with Gasteiger partial charge < -0.3 is 9.64 Å². The summed E-state index contributed by atoms with van der Waals surface area (Å²) in [5.41, 5.74) is 1.20. The van der Waals surface area contributed by atoms with Crippen LogP contribution in [0.1, 0.15) is 24.8 Å². The molecule has 0 atom stereocenters. The second kappa shape index (κ2) is 6.48. The number of benzene rings is 1. The summed E-state index contributed by atoms with van der Waals surface area (Å²) in [5.74, 6) is 1.16. The van der Waals surface area contributed by atoms with Gasteiger partial charge in [0.1, 0.15) is 5.75 Å². The van der Waals surface area contributed by atoms with E-state index >= 15 is 0 Å². The third-order valence-electron chi connectivity index (χ3n) is 4.52. The summed E-state index contributed by atoms with van der Waals surface area (Å²) in [7, 11) is 1.67. The van der Waals surface area contributed by atoms with Crippen LogP contribution >= 0.6 is 0 Å². The number of rotatable bonds is 5. The molecule has 1 aliphatic carbocycles. The van der Waals surface area contributed by atoms with Crippen molar-refractivity contribution < 1.29 is 9.53 Å². The van der Waals surface area contributed by atoms with Crippen LogP contribution < -0.4 is 4.74 Å². The third kappa shape index (κ3) is 3.76. The van der Waals surface area contributed by atoms with E-state index in [9.17, 15) is 4.79 Å². The van der Waals surface area contributed by atoms with Crippen LogP contribution in [0.15, 0.2) is 24.3 Å². The van der Waals surface area contributed by atoms with Crippen molar-refractivity contribution in [3.05, 3.63) is 29.8 Å². The van der Waals surface area contributed by atoms with Crippen molar-refractivity contribution in [2.24, 2.45) is 0 Å². The van der Waals surface area contributed by atoms with E-state index in [1.807, 2.05) is 29.2 Å². The summed E-state index contributed by atoms with van der Waals surface area (Å²) in [6.45, 7) is 3.91. The summed E-state index contributed by atoms with van der Waals surface area (Å²) in [4.78, 5) is 16.8. The first-order chi connectivity index (χ1) is 10.3. The lowest BCUT2D eigenvalue weighted by Crippen LogP contribution is -2.49. The van der Waals surface area contributed by atoms with E-state index in [-0.39, 0.29) is 0 Å². The number of nitrogens with zero attached hydrogens (tertiary/aromatic N) is 2. The SMILES string of the molecule is COc1ccc(CCC(=O)N2CCN(C3CC3)CC2)cc1. The Hall–Kier alpha value is -1.55. The molecular formula is C17H24N2O2. The highest BCUT2D eigenvalue weighted by Crippen LogP contribution is 2.27. The van der Waals surface area contributed by atoms with Gasteiger partial charge in [0.05, 0.1) is 7.11 Å². The molecule has 0 unspecified atom stereocenters. The topological polar surface area (TPSA) is 32.8 Å². The zero-order valence-electron chi connectivity index (χ0n) is 12.8. The van der Waals surface area contributed by atoms with Crippen molar-refractivity contribution in [1.29, 1.82) is 0 Å². The van der Waals surface area contributed by atoms with Crippen LogP contribution in [0, 0.1) is 0 Å². The zero-order valence-corrected chi connectivity index (χ0v) is 12.8. The second-order valence-corrected chi connectivity index (χ2v) is 6.00. The number of aryl methyl sites for hydroxylation is 1. The van der Waals surface area contributed by atoms with Crippen molar-refractivity contribution in [3.63, 3.8) is 0 Å². The van der Waals surface area contributed by atoms with Gasteiger partial charge in [-0.2, -0.15) is 0 Å². The molecular weight excluding hydrogens is 264 g/mol. The Morgan fingerprint density at radius 2 is 1.81 bits per heavy atom. The number of ether oxygens (including phenoxy) is 1. The van der Waals surface area contributed by atoms with E-state index in [4.69, 9.17) is 4.74 Å². The molecule has 1 heterocycles. The largest absolute Gasteiger partial charge is 0.497 e. The molecule has 0 aromatic heterocycles. The number of hydrogen-bond acceptors (Lipinski definition) is 3. The van der Waals surface area contributed by atoms with Gasteiger partial charge in [-0.25, -0.2) is 0 Å². The Bertz CT molecular complexity index is 474. The highest BCUT2D eigenvalue weighted by atomic mass is 16.5. The first-order valence-corrected chi connectivity index (χ1v) is 7.91. The predicted octanol–water partition coefficient (Wildman–Crippen LogP) is 1.93. The average molecular weight is 288 g/mol. The molecule has 0 N–H and O–H groups in total. The summed E-state index contributed by atoms with van der Waals surface area (Å²) >= 11 is 0. The van der Waals surface area contributed by atoms with Crippen molar-refractivity contribution in [1.82, 2.24) is 9.80 Å². The average Bonchev–Trinajstić information content (AvgIpc) is 3.38. The van der Waals surface area contributed by atoms with Gasteiger partial charge in [0.25, 0.3) is 0 Å². The molecule has 4 heteroatoms. The maximum Gasteiger partial charge on any atom is 0.222 e. The Morgan fingerprint density at radius 3 is 2.38 bits per heavy atom. The molecule has 21 heavy (non-hydrogen) atoms. The van der Waals surface area contributed by atoms with E-state index in [1.54, 1.807) is 7.11 Å². The van der Waals surface area contributed by atoms with Crippen LogP contribution in [0.4, 0.5) is 0 Å². The van der Waals surface area contributed by atoms with Crippen LogP contribution in [-0.4, -0.2) is 55.0 Å². The molecule has 3 rings (SSSR count). The molecule has 1 aromatic carbocycles. The maximum absolute atomic E-state index is 12.3. The number of carbonyl (C=O) groups excluding carboxylic acids is 1. The van der Waals surface area contributed by atoms with Gasteiger partial charge in [-0.05, 0) is 37.0 Å². The van der Waals surface area contributed by atoms with Crippen LogP contribution in [0.25, 0.3) is 0 Å². The van der Waals surface area contributed by atoms with Gasteiger partial charge in [-0.1, -0.05) is 12.1 Å². The van der Waals surface area contributed by atoms with E-state index < -0.39 is 0 Å². The Labute approximate surface area is 126 Å². The van der Waals surface area contributed by atoms with E-state index in [1.165, 1.54) is 18.4 Å². The monoisotopic (exact) mass is 288 g/mol. The summed E-state index contributed by atoms with van der Waals surface area (Å²) < 4.78 is 5.14. The number of piperazine rings is 1.